The van der Waals surface area contributed by atoms with Gasteiger partial charge in [0.1, 0.15) is 5.75 Å². The molecule has 1 N–H and O–H groups in total. The number of nitrogens with one attached hydrogen (secondary N) is 1. The largest absolute Gasteiger partial charge is 0.434 e. The molecule has 0 radical (unpaired) electrons. The Kier molecular flexibility index (Phi) is 5.08. The van der Waals surface area contributed by atoms with Gasteiger partial charge in [0.2, 0.25) is 0 Å². The predicted octanol–water partition coefficient (Wildman–Crippen LogP) is 3.07. The maximum Gasteiger partial charge on any atom is 0.387 e. The standard InChI is InChI=1S/C13H14BrF2N3O/c1-19-5-4-11(18-19)8-17-7-9-6-10(14)2-3-12(9)20-13(15)16/h2-6,13,17H,7-8H2,1H3. The van der Waals surface area contributed by atoms with Crippen LogP contribution in [0.3, 0.4) is 0 Å². The van der Waals surface area contributed by atoms with E-state index in [0.29, 0.717) is 18.7 Å². The summed E-state index contributed by atoms with van der Waals surface area (Å²) in [5.74, 6) is 0.178. The number of rotatable bonds is 6. The molecule has 0 atom stereocenters. The van der Waals surface area contributed by atoms with E-state index in [9.17, 15) is 8.78 Å². The van der Waals surface area contributed by atoms with Crippen LogP contribution in [0.25, 0.3) is 0 Å². The highest BCUT2D eigenvalue weighted by Crippen LogP contribution is 2.24. The molecule has 0 saturated heterocycles. The number of nitrogens with zero attached hydrogens (tertiary/aromatic N) is 2. The molecule has 4 nitrogen and oxygen atoms in total. The summed E-state index contributed by atoms with van der Waals surface area (Å²) in [7, 11) is 1.84. The molecule has 0 saturated carbocycles. The van der Waals surface area contributed by atoms with Gasteiger partial charge in [0.05, 0.1) is 5.69 Å². The van der Waals surface area contributed by atoms with Crippen molar-refractivity contribution in [3.63, 3.8) is 0 Å². The van der Waals surface area contributed by atoms with Gasteiger partial charge in [0, 0.05) is 36.4 Å². The number of aromatic nitrogens is 2. The van der Waals surface area contributed by atoms with Gasteiger partial charge in [-0.25, -0.2) is 0 Å². The SMILES string of the molecule is Cn1ccc(CNCc2cc(Br)ccc2OC(F)F)n1. The molecule has 7 heteroatoms. The Labute approximate surface area is 123 Å². The van der Waals surface area contributed by atoms with Crippen molar-refractivity contribution in [2.45, 2.75) is 19.7 Å². The van der Waals surface area contributed by atoms with E-state index in [4.69, 9.17) is 0 Å². The molecule has 1 heterocycles. The molecule has 2 aromatic rings. The van der Waals surface area contributed by atoms with Crippen LogP contribution in [-0.4, -0.2) is 16.4 Å². The number of halogens is 3. The molecule has 0 aliphatic rings. The van der Waals surface area contributed by atoms with Crippen LogP contribution in [0.1, 0.15) is 11.3 Å². The van der Waals surface area contributed by atoms with Crippen LogP contribution in [0.2, 0.25) is 0 Å². The summed E-state index contributed by atoms with van der Waals surface area (Å²) in [6, 6.07) is 6.83. The Morgan fingerprint density at radius 3 is 2.80 bits per heavy atom. The average molecular weight is 346 g/mol. The molecule has 0 spiro atoms. The van der Waals surface area contributed by atoms with Crippen LogP contribution in [0, 0.1) is 0 Å². The van der Waals surface area contributed by atoms with Crippen LogP contribution >= 0.6 is 15.9 Å². The van der Waals surface area contributed by atoms with E-state index in [1.165, 1.54) is 6.07 Å². The first-order valence-corrected chi connectivity index (χ1v) is 6.76. The first-order valence-electron chi connectivity index (χ1n) is 5.97. The van der Waals surface area contributed by atoms with Crippen molar-refractivity contribution in [3.8, 4) is 5.75 Å². The smallest absolute Gasteiger partial charge is 0.387 e. The van der Waals surface area contributed by atoms with E-state index in [1.807, 2.05) is 19.3 Å². The van der Waals surface area contributed by atoms with Crippen LogP contribution in [0.15, 0.2) is 34.9 Å². The lowest BCUT2D eigenvalue weighted by molar-refractivity contribution is -0.0505. The molecule has 0 unspecified atom stereocenters. The van der Waals surface area contributed by atoms with E-state index in [2.05, 4.69) is 31.1 Å². The number of hydrogen-bond acceptors (Lipinski definition) is 3. The fourth-order valence-corrected chi connectivity index (χ4v) is 2.19. The number of aryl methyl sites for hydroxylation is 1. The highest BCUT2D eigenvalue weighted by Gasteiger charge is 2.10. The predicted molar refractivity (Wildman–Crippen MR) is 74.5 cm³/mol. The summed E-state index contributed by atoms with van der Waals surface area (Å²) >= 11 is 3.32. The van der Waals surface area contributed by atoms with E-state index in [1.54, 1.807) is 16.8 Å². The third-order valence-corrected chi connectivity index (χ3v) is 3.12. The van der Waals surface area contributed by atoms with Gasteiger partial charge in [0.25, 0.3) is 0 Å². The monoisotopic (exact) mass is 345 g/mol. The summed E-state index contributed by atoms with van der Waals surface area (Å²) in [5.41, 5.74) is 1.55. The summed E-state index contributed by atoms with van der Waals surface area (Å²) < 4.78 is 31.7. The fraction of sp³-hybridized carbons (Fsp3) is 0.308. The maximum atomic E-state index is 12.3. The Hall–Kier alpha value is -1.47. The second kappa shape index (κ2) is 6.81. The summed E-state index contributed by atoms with van der Waals surface area (Å²) in [6.45, 7) is -1.86. The molecule has 1 aromatic heterocycles. The van der Waals surface area contributed by atoms with E-state index in [0.717, 1.165) is 10.2 Å². The van der Waals surface area contributed by atoms with Crippen molar-refractivity contribution in [2.75, 3.05) is 0 Å². The number of benzene rings is 1. The zero-order chi connectivity index (χ0) is 14.5. The molecule has 0 bridgehead atoms. The van der Waals surface area contributed by atoms with Crippen molar-refractivity contribution in [1.82, 2.24) is 15.1 Å². The van der Waals surface area contributed by atoms with Crippen LogP contribution in [0.4, 0.5) is 8.78 Å². The third kappa shape index (κ3) is 4.28. The van der Waals surface area contributed by atoms with Crippen LogP contribution in [0.5, 0.6) is 5.75 Å². The second-order valence-corrected chi connectivity index (χ2v) is 5.13. The molecule has 1 aromatic carbocycles. The first kappa shape index (κ1) is 14.9. The lowest BCUT2D eigenvalue weighted by Crippen LogP contribution is -2.15. The molecule has 0 aliphatic heterocycles. The van der Waals surface area contributed by atoms with Crippen molar-refractivity contribution >= 4 is 15.9 Å². The first-order chi connectivity index (χ1) is 9.54. The lowest BCUT2D eigenvalue weighted by atomic mass is 10.2. The van der Waals surface area contributed by atoms with Crippen molar-refractivity contribution < 1.29 is 13.5 Å². The molecule has 0 fully saturated rings. The number of ether oxygens (including phenoxy) is 1. The highest BCUT2D eigenvalue weighted by molar-refractivity contribution is 9.10. The Morgan fingerprint density at radius 2 is 2.15 bits per heavy atom. The van der Waals surface area contributed by atoms with Gasteiger partial charge in [-0.3, -0.25) is 4.68 Å². The van der Waals surface area contributed by atoms with E-state index in [-0.39, 0.29) is 5.75 Å². The Bertz CT molecular complexity index is 574. The quantitative estimate of drug-likeness (QED) is 0.874. The van der Waals surface area contributed by atoms with Crippen LogP contribution < -0.4 is 10.1 Å². The molecule has 108 valence electrons. The van der Waals surface area contributed by atoms with E-state index >= 15 is 0 Å². The lowest BCUT2D eigenvalue weighted by Gasteiger charge is -2.11. The van der Waals surface area contributed by atoms with Gasteiger partial charge in [-0.05, 0) is 24.3 Å². The summed E-state index contributed by atoms with van der Waals surface area (Å²) in [4.78, 5) is 0. The molecule has 2 rings (SSSR count). The average Bonchev–Trinajstić information content (AvgIpc) is 2.78. The molecule has 20 heavy (non-hydrogen) atoms. The van der Waals surface area contributed by atoms with Gasteiger partial charge in [0.15, 0.2) is 0 Å². The van der Waals surface area contributed by atoms with Gasteiger partial charge in [-0.2, -0.15) is 13.9 Å². The summed E-state index contributed by atoms with van der Waals surface area (Å²) in [5, 5.41) is 7.37. The maximum absolute atomic E-state index is 12.3. The Balaban J connectivity index is 1.98. The molecule has 0 aliphatic carbocycles. The molecule has 0 amide bonds. The minimum absolute atomic E-state index is 0.178. The van der Waals surface area contributed by atoms with Gasteiger partial charge in [-0.15, -0.1) is 0 Å². The van der Waals surface area contributed by atoms with Crippen LogP contribution in [-0.2, 0) is 20.1 Å². The molecular weight excluding hydrogens is 332 g/mol. The minimum Gasteiger partial charge on any atom is -0.434 e. The highest BCUT2D eigenvalue weighted by atomic mass is 79.9. The Morgan fingerprint density at radius 1 is 1.35 bits per heavy atom. The van der Waals surface area contributed by atoms with Crippen molar-refractivity contribution in [3.05, 3.63) is 46.2 Å². The van der Waals surface area contributed by atoms with Gasteiger partial charge in [-0.1, -0.05) is 15.9 Å². The topological polar surface area (TPSA) is 39.1 Å². The van der Waals surface area contributed by atoms with Crippen molar-refractivity contribution in [2.24, 2.45) is 7.05 Å². The fourth-order valence-electron chi connectivity index (χ4n) is 1.78. The van der Waals surface area contributed by atoms with Gasteiger partial charge >= 0.3 is 6.61 Å². The summed E-state index contributed by atoms with van der Waals surface area (Å²) in [6.07, 6.45) is 1.85. The van der Waals surface area contributed by atoms with Crippen molar-refractivity contribution in [1.29, 1.82) is 0 Å². The number of hydrogen-bond donors (Lipinski definition) is 1. The number of alkyl halides is 2. The normalized spacial score (nSPS) is 11.1. The second-order valence-electron chi connectivity index (χ2n) is 4.21. The van der Waals surface area contributed by atoms with Gasteiger partial charge < -0.3 is 10.1 Å². The minimum atomic E-state index is -2.83. The van der Waals surface area contributed by atoms with E-state index < -0.39 is 6.61 Å². The zero-order valence-electron chi connectivity index (χ0n) is 10.8. The molecular formula is C13H14BrF2N3O. The third-order valence-electron chi connectivity index (χ3n) is 2.63. The zero-order valence-corrected chi connectivity index (χ0v) is 12.4.